The van der Waals surface area contributed by atoms with Crippen LogP contribution in [-0.4, -0.2) is 19.0 Å². The van der Waals surface area contributed by atoms with Crippen molar-refractivity contribution in [1.29, 1.82) is 0 Å². The van der Waals surface area contributed by atoms with Crippen LogP contribution in [0.4, 0.5) is 0 Å². The molecule has 11 aromatic carbocycles. The van der Waals surface area contributed by atoms with Gasteiger partial charge in [0.15, 0.2) is 0 Å². The van der Waals surface area contributed by atoms with Gasteiger partial charge in [0.1, 0.15) is 0 Å². The largest absolute Gasteiger partial charge is 0.318 e. The van der Waals surface area contributed by atoms with Gasteiger partial charge in [-0.05, 0) is 113 Å². The highest BCUT2D eigenvalue weighted by atomic mass is 32.2. The van der Waals surface area contributed by atoms with E-state index in [1.807, 2.05) is 45.9 Å². The van der Waals surface area contributed by atoms with Crippen LogP contribution >= 0.6 is 45.9 Å². The van der Waals surface area contributed by atoms with Gasteiger partial charge in [-0.15, -0.1) is 22.7 Å². The summed E-state index contributed by atoms with van der Waals surface area (Å²) in [5.74, 6) is 0. The van der Waals surface area contributed by atoms with Crippen LogP contribution < -0.4 is 5.46 Å². The van der Waals surface area contributed by atoms with E-state index in [0.29, 0.717) is 0 Å². The third-order valence-electron chi connectivity index (χ3n) is 16.1. The van der Waals surface area contributed by atoms with Crippen LogP contribution in [0.2, 0.25) is 0 Å². The second-order valence-electron chi connectivity index (χ2n) is 19.8. The fourth-order valence-corrected chi connectivity index (χ4v) is 18.3. The van der Waals surface area contributed by atoms with Gasteiger partial charge in [-0.3, -0.25) is 0 Å². The van der Waals surface area contributed by atoms with Gasteiger partial charge in [-0.1, -0.05) is 133 Å². The third kappa shape index (κ3) is 5.35. The fraction of sp³-hybridized carbons (Fsp3) is 0. The van der Waals surface area contributed by atoms with Crippen molar-refractivity contribution >= 4 is 162 Å². The number of hydrogen-bond acceptors (Lipinski definition) is 4. The minimum Gasteiger partial charge on any atom is -0.309 e. The molecule has 0 amide bonds. The Morgan fingerprint density at radius 3 is 1.14 bits per heavy atom. The Morgan fingerprint density at radius 1 is 0.284 bits per heavy atom. The maximum Gasteiger partial charge on any atom is 0.318 e. The number of thiophene rings is 2. The molecule has 0 saturated heterocycles. The van der Waals surface area contributed by atoms with Crippen molar-refractivity contribution in [3.63, 3.8) is 0 Å². The molecule has 0 fully saturated rings. The molecule has 342 valence electrons. The van der Waals surface area contributed by atoms with E-state index in [9.17, 15) is 0 Å². The zero-order valence-electron chi connectivity index (χ0n) is 39.3. The zero-order chi connectivity index (χ0) is 47.9. The van der Waals surface area contributed by atoms with Crippen molar-refractivity contribution in [3.8, 4) is 39.3 Å². The summed E-state index contributed by atoms with van der Waals surface area (Å²) in [6, 6.07) is 82.6. The molecule has 0 bridgehead atoms. The summed E-state index contributed by atoms with van der Waals surface area (Å²) in [4.78, 5) is 2.61. The molecular formula is C66H36BN3S4. The number of fused-ring (bicyclic) bond motifs is 21. The maximum atomic E-state index is 2.55. The van der Waals surface area contributed by atoms with Gasteiger partial charge < -0.3 is 13.7 Å². The van der Waals surface area contributed by atoms with Crippen molar-refractivity contribution in [2.75, 3.05) is 0 Å². The lowest BCUT2D eigenvalue weighted by atomic mass is 9.77. The minimum atomic E-state index is 0.133. The summed E-state index contributed by atoms with van der Waals surface area (Å²) in [7, 11) is 0. The van der Waals surface area contributed by atoms with E-state index in [4.69, 9.17) is 0 Å². The average molecular weight is 1010 g/mol. The van der Waals surface area contributed by atoms with Crippen LogP contribution in [0.3, 0.4) is 0 Å². The first-order valence-corrected chi connectivity index (χ1v) is 28.6. The summed E-state index contributed by atoms with van der Waals surface area (Å²) in [5.41, 5.74) is 17.6. The van der Waals surface area contributed by atoms with Crippen LogP contribution in [0.25, 0.3) is 145 Å². The first-order chi connectivity index (χ1) is 36.7. The van der Waals surface area contributed by atoms with Crippen molar-refractivity contribution < 1.29 is 0 Å². The molecule has 0 spiro atoms. The van der Waals surface area contributed by atoms with Crippen LogP contribution in [-0.2, 0) is 0 Å². The molecule has 2 aliphatic rings. The Labute approximate surface area is 440 Å². The van der Waals surface area contributed by atoms with Gasteiger partial charge in [0, 0.05) is 99.5 Å². The molecule has 74 heavy (non-hydrogen) atoms. The molecule has 0 saturated carbocycles. The van der Waals surface area contributed by atoms with Gasteiger partial charge in [-0.25, -0.2) is 0 Å². The molecule has 0 radical (unpaired) electrons. The van der Waals surface area contributed by atoms with E-state index in [2.05, 4.69) is 232 Å². The lowest BCUT2D eigenvalue weighted by Gasteiger charge is -2.33. The molecule has 7 heterocycles. The first kappa shape index (κ1) is 40.5. The van der Waals surface area contributed by atoms with E-state index in [-0.39, 0.29) is 5.27 Å². The van der Waals surface area contributed by atoms with Gasteiger partial charge in [0.2, 0.25) is 0 Å². The zero-order valence-corrected chi connectivity index (χ0v) is 42.6. The summed E-state index contributed by atoms with van der Waals surface area (Å²) in [6.45, 7) is 0. The van der Waals surface area contributed by atoms with E-state index in [1.165, 1.54) is 160 Å². The predicted molar refractivity (Wildman–Crippen MR) is 323 cm³/mol. The molecule has 16 aromatic rings. The summed E-state index contributed by atoms with van der Waals surface area (Å²) < 4.78 is 12.9. The highest BCUT2D eigenvalue weighted by Crippen LogP contribution is 2.53. The molecule has 3 nitrogen and oxygen atoms in total. The van der Waals surface area contributed by atoms with Crippen molar-refractivity contribution in [3.05, 3.63) is 218 Å². The molecule has 5 aromatic heterocycles. The normalized spacial score (nSPS) is 13.3. The van der Waals surface area contributed by atoms with E-state index in [0.717, 1.165) is 0 Å². The number of rotatable bonds is 3. The van der Waals surface area contributed by atoms with E-state index < -0.39 is 0 Å². The summed E-state index contributed by atoms with van der Waals surface area (Å²) in [5, 5.41) is 13.1. The van der Waals surface area contributed by atoms with Gasteiger partial charge in [0.05, 0.1) is 33.1 Å². The quantitative estimate of drug-likeness (QED) is 0.164. The Morgan fingerprint density at radius 2 is 0.676 bits per heavy atom. The lowest BCUT2D eigenvalue weighted by molar-refractivity contribution is 1.16. The Balaban J connectivity index is 0.890. The van der Waals surface area contributed by atoms with Crippen LogP contribution in [0, 0.1) is 0 Å². The number of aromatic nitrogens is 3. The standard InChI is InChI=1S/C66H36BN3S4/c1-7-19-52-40(13-1)41-14-2-8-20-53(41)68(52)39-33-50-44-27-25-37(69-54-21-9-3-15-42(54)46-29-31-58-62(65(46)69)48-17-5-11-23-56(48)71-58)35-60(44)73-67-64(50)51(34-39)45-28-26-38(36-61(45)74-67)70-55-22-10-4-16-43(55)47-30-32-59-63(66(47)70)49-18-6-12-24-57(49)72-59/h1-36H. The topological polar surface area (TPSA) is 14.8 Å². The number of hydrogen-bond donors (Lipinski definition) is 0. The molecule has 18 rings (SSSR count). The third-order valence-corrected chi connectivity index (χ3v) is 21.0. The second-order valence-corrected chi connectivity index (χ2v) is 24.6. The SMILES string of the molecule is c1ccc2c(c1)sc1ccc3c4ccccc4n(-c4ccc5c(c4)SB4Sc6cc(-n7c8ccccc8c8ccc9sc%10ccccc%10c9c87)ccc6-c6cc(-n7c8ccccc8c8ccccc87)cc-5c64)c3c12. The second kappa shape index (κ2) is 14.8. The smallest absolute Gasteiger partial charge is 0.309 e. The summed E-state index contributed by atoms with van der Waals surface area (Å²) >= 11 is 7.82. The fourth-order valence-electron chi connectivity index (χ4n) is 13.0. The van der Waals surface area contributed by atoms with E-state index >= 15 is 0 Å². The first-order valence-electron chi connectivity index (χ1n) is 25.2. The number of benzene rings is 11. The molecule has 0 aliphatic carbocycles. The number of para-hydroxylation sites is 4. The van der Waals surface area contributed by atoms with E-state index in [1.54, 1.807) is 0 Å². The van der Waals surface area contributed by atoms with Gasteiger partial charge in [-0.2, -0.15) is 23.2 Å². The Hall–Kier alpha value is -7.98. The van der Waals surface area contributed by atoms with Crippen LogP contribution in [0.5, 0.6) is 0 Å². The Bertz CT molecular complexity index is 4870. The molecule has 0 atom stereocenters. The maximum absolute atomic E-state index is 2.55. The molecule has 0 N–H and O–H groups in total. The van der Waals surface area contributed by atoms with Crippen molar-refractivity contribution in [1.82, 2.24) is 13.7 Å². The molecular weight excluding hydrogens is 974 g/mol. The minimum absolute atomic E-state index is 0.133. The van der Waals surface area contributed by atoms with Gasteiger partial charge in [0.25, 0.3) is 0 Å². The molecule has 2 aliphatic heterocycles. The Kier molecular flexibility index (Phi) is 8.12. The van der Waals surface area contributed by atoms with Crippen LogP contribution in [0.15, 0.2) is 228 Å². The molecule has 8 heteroatoms. The number of nitrogens with zero attached hydrogens (tertiary/aromatic N) is 3. The predicted octanol–water partition coefficient (Wildman–Crippen LogP) is 19.0. The van der Waals surface area contributed by atoms with Crippen molar-refractivity contribution in [2.24, 2.45) is 0 Å². The average Bonchev–Trinajstić information content (AvgIpc) is 4.26. The highest BCUT2D eigenvalue weighted by molar-refractivity contribution is 8.56. The lowest BCUT2D eigenvalue weighted by Crippen LogP contribution is -2.34. The van der Waals surface area contributed by atoms with Gasteiger partial charge >= 0.3 is 5.27 Å². The molecule has 0 unspecified atom stereocenters. The van der Waals surface area contributed by atoms with Crippen LogP contribution in [0.1, 0.15) is 0 Å². The van der Waals surface area contributed by atoms with Crippen molar-refractivity contribution in [2.45, 2.75) is 9.79 Å². The summed E-state index contributed by atoms with van der Waals surface area (Å²) in [6.07, 6.45) is 0. The highest BCUT2D eigenvalue weighted by Gasteiger charge is 2.38. The monoisotopic (exact) mass is 1010 g/mol.